The molecule has 3 heteroatoms. The second kappa shape index (κ2) is 5.24. The van der Waals surface area contributed by atoms with Crippen LogP contribution in [0.4, 0.5) is 5.69 Å². The van der Waals surface area contributed by atoms with Gasteiger partial charge in [0.15, 0.2) is 0 Å². The first kappa shape index (κ1) is 13.9. The second-order valence-corrected chi connectivity index (χ2v) is 6.26. The third-order valence-corrected chi connectivity index (χ3v) is 4.14. The number of aliphatic carboxylic acids is 1. The minimum atomic E-state index is -0.687. The molecule has 1 fully saturated rings. The second-order valence-electron chi connectivity index (χ2n) is 6.26. The third-order valence-electron chi connectivity index (χ3n) is 4.14. The van der Waals surface area contributed by atoms with Crippen LogP contribution in [0.2, 0.25) is 0 Å². The molecule has 1 aliphatic heterocycles. The van der Waals surface area contributed by atoms with E-state index in [9.17, 15) is 4.79 Å². The van der Waals surface area contributed by atoms with Gasteiger partial charge in [-0.3, -0.25) is 4.79 Å². The molecule has 0 saturated carbocycles. The van der Waals surface area contributed by atoms with E-state index in [1.165, 1.54) is 11.3 Å². The van der Waals surface area contributed by atoms with Crippen LogP contribution in [0.15, 0.2) is 24.3 Å². The first-order valence-electron chi connectivity index (χ1n) is 6.94. The molecule has 1 aromatic carbocycles. The normalized spacial score (nSPS) is 22.3. The van der Waals surface area contributed by atoms with Crippen molar-refractivity contribution in [3.05, 3.63) is 29.8 Å². The van der Waals surface area contributed by atoms with E-state index in [2.05, 4.69) is 49.9 Å². The topological polar surface area (TPSA) is 40.5 Å². The van der Waals surface area contributed by atoms with E-state index >= 15 is 0 Å². The van der Waals surface area contributed by atoms with Crippen LogP contribution < -0.4 is 4.90 Å². The van der Waals surface area contributed by atoms with Gasteiger partial charge in [0, 0.05) is 24.2 Å². The summed E-state index contributed by atoms with van der Waals surface area (Å²) in [5.41, 5.74) is 2.55. The smallest absolute Gasteiger partial charge is 0.303 e. The molecule has 1 unspecified atom stereocenters. The van der Waals surface area contributed by atoms with Crippen LogP contribution in [0.5, 0.6) is 0 Å². The molecule has 0 aromatic heterocycles. The molecule has 3 nitrogen and oxygen atoms in total. The van der Waals surface area contributed by atoms with Gasteiger partial charge in [-0.2, -0.15) is 0 Å². The Labute approximate surface area is 115 Å². The van der Waals surface area contributed by atoms with Crippen molar-refractivity contribution in [1.29, 1.82) is 0 Å². The summed E-state index contributed by atoms with van der Waals surface area (Å²) in [5.74, 6) is -0.430. The molecule has 0 bridgehead atoms. The highest BCUT2D eigenvalue weighted by Crippen LogP contribution is 2.35. The van der Waals surface area contributed by atoms with Crippen LogP contribution in [0.25, 0.3) is 0 Å². The number of hydrogen-bond donors (Lipinski definition) is 1. The number of carboxylic acid groups (broad SMARTS) is 1. The van der Waals surface area contributed by atoms with Gasteiger partial charge in [0.05, 0.1) is 0 Å². The van der Waals surface area contributed by atoms with Crippen molar-refractivity contribution >= 4 is 11.7 Å². The Morgan fingerprint density at radius 2 is 2.00 bits per heavy atom. The molecule has 1 saturated heterocycles. The Morgan fingerprint density at radius 1 is 1.37 bits per heavy atom. The van der Waals surface area contributed by atoms with Crippen LogP contribution in [-0.2, 0) is 4.79 Å². The van der Waals surface area contributed by atoms with Crippen LogP contribution >= 0.6 is 0 Å². The van der Waals surface area contributed by atoms with Crippen LogP contribution in [0.3, 0.4) is 0 Å². The zero-order valence-electron chi connectivity index (χ0n) is 12.0. The number of hydrogen-bond acceptors (Lipinski definition) is 2. The van der Waals surface area contributed by atoms with Gasteiger partial charge < -0.3 is 10.0 Å². The molecule has 0 amide bonds. The van der Waals surface area contributed by atoms with Gasteiger partial charge in [-0.15, -0.1) is 0 Å². The standard InChI is InChI=1S/C16H23NO2/c1-12-4-6-14(7-5-12)17-11-13(10-15(18)19)8-9-16(17,2)3/h4-7,13H,8-11H2,1-3H3,(H,18,19). The molecular weight excluding hydrogens is 238 g/mol. The highest BCUT2D eigenvalue weighted by Gasteiger charge is 2.34. The number of benzene rings is 1. The van der Waals surface area contributed by atoms with E-state index in [4.69, 9.17) is 5.11 Å². The Bertz CT molecular complexity index is 450. The summed E-state index contributed by atoms with van der Waals surface area (Å²) < 4.78 is 0. The average Bonchev–Trinajstić information content (AvgIpc) is 2.32. The zero-order valence-corrected chi connectivity index (χ0v) is 12.0. The van der Waals surface area contributed by atoms with Crippen molar-refractivity contribution in [3.63, 3.8) is 0 Å². The molecule has 19 heavy (non-hydrogen) atoms. The van der Waals surface area contributed by atoms with E-state index < -0.39 is 5.97 Å². The number of carboxylic acids is 1. The summed E-state index contributed by atoms with van der Waals surface area (Å²) in [6, 6.07) is 8.51. The van der Waals surface area contributed by atoms with E-state index in [0.29, 0.717) is 0 Å². The van der Waals surface area contributed by atoms with Crippen molar-refractivity contribution < 1.29 is 9.90 Å². The summed E-state index contributed by atoms with van der Waals surface area (Å²) in [6.07, 6.45) is 2.32. The largest absolute Gasteiger partial charge is 0.481 e. The molecule has 1 aromatic rings. The number of rotatable bonds is 3. The lowest BCUT2D eigenvalue weighted by atomic mass is 9.83. The zero-order chi connectivity index (χ0) is 14.0. The van der Waals surface area contributed by atoms with Crippen LogP contribution in [0, 0.1) is 12.8 Å². The van der Waals surface area contributed by atoms with Gasteiger partial charge in [0.1, 0.15) is 0 Å². The number of piperidine rings is 1. The quantitative estimate of drug-likeness (QED) is 0.905. The molecule has 2 rings (SSSR count). The highest BCUT2D eigenvalue weighted by atomic mass is 16.4. The molecule has 0 aliphatic carbocycles. The lowest BCUT2D eigenvalue weighted by Gasteiger charge is -2.47. The molecule has 104 valence electrons. The predicted octanol–water partition coefficient (Wildman–Crippen LogP) is 3.46. The van der Waals surface area contributed by atoms with Gasteiger partial charge in [-0.05, 0) is 51.7 Å². The fourth-order valence-electron chi connectivity index (χ4n) is 2.88. The highest BCUT2D eigenvalue weighted by molar-refractivity contribution is 5.67. The molecule has 1 atom stereocenters. The maximum Gasteiger partial charge on any atom is 0.303 e. The van der Waals surface area contributed by atoms with Gasteiger partial charge in [-0.1, -0.05) is 17.7 Å². The minimum Gasteiger partial charge on any atom is -0.481 e. The predicted molar refractivity (Wildman–Crippen MR) is 77.6 cm³/mol. The van der Waals surface area contributed by atoms with Gasteiger partial charge in [0.25, 0.3) is 0 Å². The Kier molecular flexibility index (Phi) is 3.83. The van der Waals surface area contributed by atoms with Crippen molar-refractivity contribution in [3.8, 4) is 0 Å². The monoisotopic (exact) mass is 261 g/mol. The van der Waals surface area contributed by atoms with Crippen LogP contribution in [0.1, 0.15) is 38.7 Å². The Morgan fingerprint density at radius 3 is 2.58 bits per heavy atom. The summed E-state index contributed by atoms with van der Waals surface area (Å²) >= 11 is 0. The van der Waals surface area contributed by atoms with E-state index in [0.717, 1.165) is 19.4 Å². The first-order valence-corrected chi connectivity index (χ1v) is 6.94. The maximum absolute atomic E-state index is 10.9. The van der Waals surface area contributed by atoms with Crippen molar-refractivity contribution in [1.82, 2.24) is 0 Å². The summed E-state index contributed by atoms with van der Waals surface area (Å²) in [7, 11) is 0. The number of aryl methyl sites for hydroxylation is 1. The average molecular weight is 261 g/mol. The molecule has 1 aliphatic rings. The molecular formula is C16H23NO2. The SMILES string of the molecule is Cc1ccc(N2CC(CC(=O)O)CCC2(C)C)cc1. The maximum atomic E-state index is 10.9. The van der Waals surface area contributed by atoms with Crippen molar-refractivity contribution in [2.75, 3.05) is 11.4 Å². The number of carbonyl (C=O) groups is 1. The summed E-state index contributed by atoms with van der Waals surface area (Å²) in [5, 5.41) is 8.97. The van der Waals surface area contributed by atoms with E-state index in [1.807, 2.05) is 0 Å². The number of nitrogens with zero attached hydrogens (tertiary/aromatic N) is 1. The lowest BCUT2D eigenvalue weighted by Crippen LogP contribution is -2.51. The molecule has 1 N–H and O–H groups in total. The lowest BCUT2D eigenvalue weighted by molar-refractivity contribution is -0.138. The first-order chi connectivity index (χ1) is 8.88. The fourth-order valence-corrected chi connectivity index (χ4v) is 2.88. The third kappa shape index (κ3) is 3.28. The Hall–Kier alpha value is -1.51. The summed E-state index contributed by atoms with van der Waals surface area (Å²) in [6.45, 7) is 7.40. The molecule has 0 spiro atoms. The fraction of sp³-hybridized carbons (Fsp3) is 0.562. The molecule has 0 radical (unpaired) electrons. The molecule has 1 heterocycles. The van der Waals surface area contributed by atoms with Crippen molar-refractivity contribution in [2.45, 2.75) is 45.6 Å². The van der Waals surface area contributed by atoms with Gasteiger partial charge in [0.2, 0.25) is 0 Å². The van der Waals surface area contributed by atoms with Gasteiger partial charge >= 0.3 is 5.97 Å². The summed E-state index contributed by atoms with van der Waals surface area (Å²) in [4.78, 5) is 13.3. The Balaban J connectivity index is 2.19. The van der Waals surface area contributed by atoms with E-state index in [1.54, 1.807) is 0 Å². The number of anilines is 1. The van der Waals surface area contributed by atoms with Crippen molar-refractivity contribution in [2.24, 2.45) is 5.92 Å². The minimum absolute atomic E-state index is 0.101. The van der Waals surface area contributed by atoms with Crippen LogP contribution in [-0.4, -0.2) is 23.2 Å². The van der Waals surface area contributed by atoms with Gasteiger partial charge in [-0.25, -0.2) is 0 Å². The van der Waals surface area contributed by atoms with E-state index in [-0.39, 0.29) is 17.9 Å².